The summed E-state index contributed by atoms with van der Waals surface area (Å²) in [6.45, 7) is 1.85. The largest absolute Gasteiger partial charge is 0.352 e. The van der Waals surface area contributed by atoms with Gasteiger partial charge in [0.15, 0.2) is 0 Å². The van der Waals surface area contributed by atoms with E-state index in [0.717, 1.165) is 15.8 Å². The van der Waals surface area contributed by atoms with Gasteiger partial charge in [0.25, 0.3) is 11.8 Å². The predicted molar refractivity (Wildman–Crippen MR) is 92.4 cm³/mol. The molecule has 0 radical (unpaired) electrons. The fraction of sp³-hybridized carbons (Fsp3) is 0.176. The van der Waals surface area contributed by atoms with Gasteiger partial charge in [-0.3, -0.25) is 14.8 Å². The first-order valence-corrected chi connectivity index (χ1v) is 8.21. The number of carbonyl (C=O) groups is 2. The number of thiophene rings is 1. The maximum Gasteiger partial charge on any atom is 0.276 e. The second kappa shape index (κ2) is 6.46. The summed E-state index contributed by atoms with van der Waals surface area (Å²) in [6.07, 6.45) is 1.60. The average Bonchev–Trinajstić information content (AvgIpc) is 3.17. The number of amides is 2. The summed E-state index contributed by atoms with van der Waals surface area (Å²) in [5, 5.41) is 12.7. The van der Waals surface area contributed by atoms with Crippen molar-refractivity contribution in [1.29, 1.82) is 0 Å². The minimum atomic E-state index is -0.583. The van der Waals surface area contributed by atoms with Gasteiger partial charge in [0.05, 0.1) is 16.5 Å². The van der Waals surface area contributed by atoms with Crippen LogP contribution in [0.3, 0.4) is 0 Å². The summed E-state index contributed by atoms with van der Waals surface area (Å²) in [5.74, 6) is -0.738. The van der Waals surface area contributed by atoms with Gasteiger partial charge >= 0.3 is 0 Å². The van der Waals surface area contributed by atoms with Crippen molar-refractivity contribution in [2.75, 3.05) is 0 Å². The molecule has 2 aromatic heterocycles. The number of aromatic nitrogens is 1. The molecule has 24 heavy (non-hydrogen) atoms. The zero-order valence-electron chi connectivity index (χ0n) is 13.2. The Kier molecular flexibility index (Phi) is 4.37. The van der Waals surface area contributed by atoms with Crippen molar-refractivity contribution in [2.24, 2.45) is 7.05 Å². The van der Waals surface area contributed by atoms with Gasteiger partial charge in [-0.15, -0.1) is 11.3 Å². The van der Waals surface area contributed by atoms with Crippen LogP contribution in [0.4, 0.5) is 0 Å². The maximum atomic E-state index is 12.5. The van der Waals surface area contributed by atoms with Gasteiger partial charge in [0, 0.05) is 23.6 Å². The molecular weight excluding hydrogens is 326 g/mol. The molecule has 0 aliphatic rings. The summed E-state index contributed by atoms with van der Waals surface area (Å²) in [6, 6.07) is 11.1. The Morgan fingerprint density at radius 2 is 1.96 bits per heavy atom. The molecule has 0 aliphatic heterocycles. The Morgan fingerprint density at radius 1 is 1.21 bits per heavy atom. The lowest BCUT2D eigenvalue weighted by molar-refractivity contribution is 0.0706. The topological polar surface area (TPSA) is 83.4 Å². The molecule has 3 rings (SSSR count). The molecule has 0 aliphatic carbocycles. The van der Waals surface area contributed by atoms with Gasteiger partial charge in [-0.05, 0) is 30.5 Å². The van der Waals surface area contributed by atoms with E-state index in [1.54, 1.807) is 29.4 Å². The molecule has 1 atom stereocenters. The first kappa shape index (κ1) is 16.2. The Bertz CT molecular complexity index is 880. The number of fused-ring (bicyclic) bond motifs is 1. The molecular formula is C17H17N3O3S. The Balaban J connectivity index is 1.78. The van der Waals surface area contributed by atoms with E-state index in [4.69, 9.17) is 5.21 Å². The van der Waals surface area contributed by atoms with Crippen LogP contribution in [0.2, 0.25) is 0 Å². The Hall–Kier alpha value is -2.64. The van der Waals surface area contributed by atoms with Crippen molar-refractivity contribution < 1.29 is 14.8 Å². The van der Waals surface area contributed by atoms with Crippen LogP contribution in [0.1, 0.15) is 38.7 Å². The van der Waals surface area contributed by atoms with E-state index in [0.29, 0.717) is 10.4 Å². The van der Waals surface area contributed by atoms with Crippen LogP contribution in [0, 0.1) is 0 Å². The highest BCUT2D eigenvalue weighted by atomic mass is 32.1. The lowest BCUT2D eigenvalue weighted by Crippen LogP contribution is -2.27. The van der Waals surface area contributed by atoms with Crippen molar-refractivity contribution in [3.8, 4) is 0 Å². The second-order valence-electron chi connectivity index (χ2n) is 5.55. The Morgan fingerprint density at radius 3 is 2.67 bits per heavy atom. The van der Waals surface area contributed by atoms with Crippen LogP contribution in [-0.4, -0.2) is 21.6 Å². The van der Waals surface area contributed by atoms with Crippen molar-refractivity contribution in [3.05, 3.63) is 58.7 Å². The number of hydrogen-bond acceptors (Lipinski definition) is 4. The third kappa shape index (κ3) is 3.04. The van der Waals surface area contributed by atoms with Gasteiger partial charge in [-0.1, -0.05) is 18.2 Å². The second-order valence-corrected chi connectivity index (χ2v) is 6.63. The van der Waals surface area contributed by atoms with E-state index >= 15 is 0 Å². The molecule has 7 heteroatoms. The van der Waals surface area contributed by atoms with Crippen LogP contribution in [0.5, 0.6) is 0 Å². The molecule has 2 amide bonds. The van der Waals surface area contributed by atoms with Crippen molar-refractivity contribution in [2.45, 2.75) is 13.0 Å². The quantitative estimate of drug-likeness (QED) is 0.503. The van der Waals surface area contributed by atoms with E-state index in [1.807, 2.05) is 37.3 Å². The molecule has 0 spiro atoms. The lowest BCUT2D eigenvalue weighted by Gasteiger charge is -2.14. The molecule has 6 nitrogen and oxygen atoms in total. The molecule has 3 aromatic rings. The highest BCUT2D eigenvalue weighted by Crippen LogP contribution is 2.26. The number of hydroxylamine groups is 1. The standard InChI is InChI=1S/C17H17N3O3S/c1-10(13-7-12(9-20(13)2)16(21)19-23)18-17(22)15-8-11-5-3-4-6-14(11)24-15/h3-10,23H,1-2H3,(H,18,22)(H,19,21)/t10-/m0/s1. The summed E-state index contributed by atoms with van der Waals surface area (Å²) >= 11 is 1.44. The van der Waals surface area contributed by atoms with Crippen molar-refractivity contribution >= 4 is 33.2 Å². The van der Waals surface area contributed by atoms with Gasteiger partial charge in [-0.25, -0.2) is 5.48 Å². The zero-order chi connectivity index (χ0) is 17.3. The highest BCUT2D eigenvalue weighted by molar-refractivity contribution is 7.20. The zero-order valence-corrected chi connectivity index (χ0v) is 14.1. The number of rotatable bonds is 4. The molecule has 3 N–H and O–H groups in total. The SMILES string of the molecule is C[C@H](NC(=O)c1cc2ccccc2s1)c1cc(C(=O)NO)cn1C. The first-order valence-electron chi connectivity index (χ1n) is 7.39. The third-order valence-corrected chi connectivity index (χ3v) is 4.96. The predicted octanol–water partition coefficient (Wildman–Crippen LogP) is 2.85. The lowest BCUT2D eigenvalue weighted by atomic mass is 10.2. The maximum absolute atomic E-state index is 12.5. The third-order valence-electron chi connectivity index (χ3n) is 3.85. The Labute approximate surface area is 142 Å². The van der Waals surface area contributed by atoms with E-state index < -0.39 is 5.91 Å². The monoisotopic (exact) mass is 343 g/mol. The first-order chi connectivity index (χ1) is 11.5. The smallest absolute Gasteiger partial charge is 0.276 e. The van der Waals surface area contributed by atoms with Gasteiger partial charge in [0.2, 0.25) is 0 Å². The number of aryl methyl sites for hydroxylation is 1. The summed E-state index contributed by atoms with van der Waals surface area (Å²) in [4.78, 5) is 24.6. The number of nitrogens with zero attached hydrogens (tertiary/aromatic N) is 1. The minimum absolute atomic E-state index is 0.155. The van der Waals surface area contributed by atoms with Crippen LogP contribution < -0.4 is 10.8 Å². The highest BCUT2D eigenvalue weighted by Gasteiger charge is 2.18. The summed E-state index contributed by atoms with van der Waals surface area (Å²) < 4.78 is 2.82. The molecule has 0 unspecified atom stereocenters. The molecule has 0 bridgehead atoms. The molecule has 2 heterocycles. The van der Waals surface area contributed by atoms with Crippen molar-refractivity contribution in [3.63, 3.8) is 0 Å². The number of nitrogens with one attached hydrogen (secondary N) is 2. The molecule has 124 valence electrons. The van der Waals surface area contributed by atoms with Crippen molar-refractivity contribution in [1.82, 2.24) is 15.4 Å². The summed E-state index contributed by atoms with van der Waals surface area (Å²) in [7, 11) is 1.78. The normalized spacial score (nSPS) is 12.1. The van der Waals surface area contributed by atoms with Crippen LogP contribution >= 0.6 is 11.3 Å². The van der Waals surface area contributed by atoms with Crippen LogP contribution in [0.15, 0.2) is 42.6 Å². The van der Waals surface area contributed by atoms with Gasteiger partial charge < -0.3 is 9.88 Å². The van der Waals surface area contributed by atoms with E-state index in [2.05, 4.69) is 5.32 Å². The van der Waals surface area contributed by atoms with E-state index in [-0.39, 0.29) is 11.9 Å². The molecule has 0 saturated heterocycles. The minimum Gasteiger partial charge on any atom is -0.352 e. The van der Waals surface area contributed by atoms with Crippen LogP contribution in [-0.2, 0) is 7.05 Å². The number of hydrogen-bond donors (Lipinski definition) is 3. The number of carbonyl (C=O) groups excluding carboxylic acids is 2. The fourth-order valence-corrected chi connectivity index (χ4v) is 3.60. The van der Waals surface area contributed by atoms with Gasteiger partial charge in [-0.2, -0.15) is 0 Å². The fourth-order valence-electron chi connectivity index (χ4n) is 2.64. The number of benzene rings is 1. The molecule has 0 fully saturated rings. The average molecular weight is 343 g/mol. The summed E-state index contributed by atoms with van der Waals surface area (Å²) in [5.41, 5.74) is 2.70. The molecule has 0 saturated carbocycles. The van der Waals surface area contributed by atoms with Gasteiger partial charge in [0.1, 0.15) is 0 Å². The molecule has 1 aromatic carbocycles. The van der Waals surface area contributed by atoms with E-state index in [9.17, 15) is 9.59 Å². The van der Waals surface area contributed by atoms with Crippen LogP contribution in [0.25, 0.3) is 10.1 Å². The van der Waals surface area contributed by atoms with E-state index in [1.165, 1.54) is 11.3 Å².